The first-order valence-electron chi connectivity index (χ1n) is 3.20. The average molecular weight is 168 g/mol. The third kappa shape index (κ3) is 3.75. The van der Waals surface area contributed by atoms with Crippen LogP contribution in [-0.4, -0.2) is 19.8 Å². The van der Waals surface area contributed by atoms with E-state index in [0.717, 1.165) is 6.20 Å². The van der Waals surface area contributed by atoms with Gasteiger partial charge in [-0.3, -0.25) is 0 Å². The topological polar surface area (TPSA) is 24.1 Å². The van der Waals surface area contributed by atoms with Gasteiger partial charge in [-0.25, -0.2) is 0 Å². The molecule has 0 aliphatic rings. The minimum absolute atomic E-state index is 0.473. The molecule has 0 bridgehead atoms. The van der Waals surface area contributed by atoms with Gasteiger partial charge < -0.3 is 10.6 Å². The summed E-state index contributed by atoms with van der Waals surface area (Å²) in [5, 5.41) is 4.51. The summed E-state index contributed by atoms with van der Waals surface area (Å²) in [7, 11) is 1.23. The van der Waals surface area contributed by atoms with Crippen molar-refractivity contribution in [2.24, 2.45) is 0 Å². The molecule has 66 valence electrons. The van der Waals surface area contributed by atoms with Crippen molar-refractivity contribution in [2.75, 3.05) is 13.6 Å². The summed E-state index contributed by atoms with van der Waals surface area (Å²) < 4.78 is 35.6. The van der Waals surface area contributed by atoms with Crippen LogP contribution in [-0.2, 0) is 0 Å². The first kappa shape index (κ1) is 10.1. The number of alkyl halides is 3. The van der Waals surface area contributed by atoms with Crippen LogP contribution < -0.4 is 10.6 Å². The molecule has 0 heterocycles. The highest BCUT2D eigenvalue weighted by molar-refractivity contribution is 5.04. The zero-order valence-corrected chi connectivity index (χ0v) is 6.42. The van der Waals surface area contributed by atoms with Crippen molar-refractivity contribution in [3.05, 3.63) is 11.9 Å². The van der Waals surface area contributed by atoms with E-state index in [0.29, 0.717) is 6.54 Å². The lowest BCUT2D eigenvalue weighted by Crippen LogP contribution is -2.25. The van der Waals surface area contributed by atoms with Crippen molar-refractivity contribution in [3.63, 3.8) is 0 Å². The average Bonchev–Trinajstić information content (AvgIpc) is 1.87. The molecular weight excluding hydrogens is 157 g/mol. The molecule has 0 unspecified atom stereocenters. The lowest BCUT2D eigenvalue weighted by molar-refractivity contribution is -0.0964. The molecule has 2 nitrogen and oxygen atoms in total. The predicted molar refractivity (Wildman–Crippen MR) is 36.9 cm³/mol. The maximum Gasteiger partial charge on any atom is 0.432 e. The summed E-state index contributed by atoms with van der Waals surface area (Å²) in [5.74, 6) is 0. The molecule has 0 aromatic carbocycles. The van der Waals surface area contributed by atoms with Crippen molar-refractivity contribution < 1.29 is 13.2 Å². The van der Waals surface area contributed by atoms with Gasteiger partial charge in [-0.15, -0.1) is 0 Å². The molecule has 0 aliphatic carbocycles. The Morgan fingerprint density at radius 1 is 1.45 bits per heavy atom. The van der Waals surface area contributed by atoms with Crippen LogP contribution in [0.3, 0.4) is 0 Å². The molecule has 0 aromatic rings. The molecule has 5 heteroatoms. The van der Waals surface area contributed by atoms with E-state index in [1.54, 1.807) is 6.92 Å². The molecule has 0 amide bonds. The zero-order chi connectivity index (χ0) is 8.91. The summed E-state index contributed by atoms with van der Waals surface area (Å²) in [4.78, 5) is 0. The Bertz CT molecular complexity index is 139. The molecule has 2 N–H and O–H groups in total. The van der Waals surface area contributed by atoms with Crippen molar-refractivity contribution in [1.29, 1.82) is 0 Å². The Morgan fingerprint density at radius 3 is 2.27 bits per heavy atom. The third-order valence-corrected chi connectivity index (χ3v) is 1.03. The molecule has 0 fully saturated rings. The van der Waals surface area contributed by atoms with E-state index >= 15 is 0 Å². The molecule has 0 spiro atoms. The molecule has 0 saturated heterocycles. The fourth-order valence-electron chi connectivity index (χ4n) is 0.500. The van der Waals surface area contributed by atoms with Crippen LogP contribution in [0.5, 0.6) is 0 Å². The molecule has 0 atom stereocenters. The van der Waals surface area contributed by atoms with Crippen LogP contribution >= 0.6 is 0 Å². The second kappa shape index (κ2) is 4.10. The van der Waals surface area contributed by atoms with Gasteiger partial charge in [-0.1, -0.05) is 0 Å². The Labute approximate surface area is 63.5 Å². The maximum atomic E-state index is 11.9. The Balaban J connectivity index is 4.16. The van der Waals surface area contributed by atoms with Crippen molar-refractivity contribution in [3.8, 4) is 0 Å². The summed E-state index contributed by atoms with van der Waals surface area (Å²) >= 11 is 0. The number of nitrogens with one attached hydrogen (secondary N) is 2. The van der Waals surface area contributed by atoms with Crippen LogP contribution in [0, 0.1) is 0 Å². The van der Waals surface area contributed by atoms with E-state index in [1.807, 2.05) is 0 Å². The van der Waals surface area contributed by atoms with E-state index in [-0.39, 0.29) is 0 Å². The molecule has 11 heavy (non-hydrogen) atoms. The third-order valence-electron chi connectivity index (χ3n) is 1.03. The second-order valence-electron chi connectivity index (χ2n) is 1.86. The van der Waals surface area contributed by atoms with Gasteiger partial charge in [0.25, 0.3) is 0 Å². The highest BCUT2D eigenvalue weighted by Gasteiger charge is 2.32. The fourth-order valence-corrected chi connectivity index (χ4v) is 0.500. The highest BCUT2D eigenvalue weighted by atomic mass is 19.4. The maximum absolute atomic E-state index is 11.9. The van der Waals surface area contributed by atoms with E-state index in [4.69, 9.17) is 0 Å². The van der Waals surface area contributed by atoms with Gasteiger partial charge in [-0.05, 0) is 6.92 Å². The molecule has 0 aromatic heterocycles. The predicted octanol–water partition coefficient (Wildman–Crippen LogP) is 1.22. The molecule has 0 radical (unpaired) electrons. The van der Waals surface area contributed by atoms with E-state index in [2.05, 4.69) is 10.6 Å². The monoisotopic (exact) mass is 168 g/mol. The first-order valence-corrected chi connectivity index (χ1v) is 3.20. The van der Waals surface area contributed by atoms with Gasteiger partial charge in [-0.2, -0.15) is 13.2 Å². The zero-order valence-electron chi connectivity index (χ0n) is 6.42. The number of rotatable bonds is 3. The fraction of sp³-hybridized carbons (Fsp3) is 0.667. The van der Waals surface area contributed by atoms with Crippen LogP contribution in [0.25, 0.3) is 0 Å². The van der Waals surface area contributed by atoms with Gasteiger partial charge in [0, 0.05) is 19.8 Å². The Kier molecular flexibility index (Phi) is 3.78. The quantitative estimate of drug-likeness (QED) is 0.662. The summed E-state index contributed by atoms with van der Waals surface area (Å²) in [6.07, 6.45) is -3.38. The van der Waals surface area contributed by atoms with E-state index in [9.17, 15) is 13.2 Å². The second-order valence-corrected chi connectivity index (χ2v) is 1.86. The largest absolute Gasteiger partial charge is 0.432 e. The van der Waals surface area contributed by atoms with Crippen LogP contribution in [0.15, 0.2) is 11.9 Å². The summed E-state index contributed by atoms with van der Waals surface area (Å²) in [5.41, 5.74) is -0.764. The number of hydrogen-bond acceptors (Lipinski definition) is 2. The molecule has 0 aliphatic heterocycles. The smallest absolute Gasteiger partial charge is 0.390 e. The van der Waals surface area contributed by atoms with Gasteiger partial charge in [0.15, 0.2) is 0 Å². The van der Waals surface area contributed by atoms with Crippen molar-refractivity contribution >= 4 is 0 Å². The molecule has 0 rings (SSSR count). The minimum atomic E-state index is -4.29. The Morgan fingerprint density at radius 2 is 2.00 bits per heavy atom. The summed E-state index contributed by atoms with van der Waals surface area (Å²) in [6.45, 7) is 2.20. The van der Waals surface area contributed by atoms with Crippen LogP contribution in [0.4, 0.5) is 13.2 Å². The van der Waals surface area contributed by atoms with E-state index in [1.165, 1.54) is 7.05 Å². The van der Waals surface area contributed by atoms with Gasteiger partial charge in [0.2, 0.25) is 0 Å². The summed E-state index contributed by atoms with van der Waals surface area (Å²) in [6, 6.07) is 0. The number of halogens is 3. The van der Waals surface area contributed by atoms with Crippen LogP contribution in [0.1, 0.15) is 6.92 Å². The van der Waals surface area contributed by atoms with Gasteiger partial charge in [0.05, 0.1) is 0 Å². The molecular formula is C6H11F3N2. The molecule has 0 saturated carbocycles. The first-order chi connectivity index (χ1) is 5.02. The van der Waals surface area contributed by atoms with E-state index < -0.39 is 11.9 Å². The standard InChI is InChI=1S/C6H11F3N2/c1-3-11-4-5(10-2)6(7,8)9/h4,10-11H,3H2,1-2H3/b5-4-. The lowest BCUT2D eigenvalue weighted by Gasteiger charge is -2.10. The SMILES string of the molecule is CCN/C=C(\NC)C(F)(F)F. The van der Waals surface area contributed by atoms with Gasteiger partial charge >= 0.3 is 6.18 Å². The van der Waals surface area contributed by atoms with Crippen molar-refractivity contribution in [1.82, 2.24) is 10.6 Å². The van der Waals surface area contributed by atoms with Crippen molar-refractivity contribution in [2.45, 2.75) is 13.1 Å². The van der Waals surface area contributed by atoms with Crippen LogP contribution in [0.2, 0.25) is 0 Å². The number of allylic oxidation sites excluding steroid dienone is 1. The normalized spacial score (nSPS) is 13.0. The number of hydrogen-bond donors (Lipinski definition) is 2. The minimum Gasteiger partial charge on any atom is -0.390 e. The highest BCUT2D eigenvalue weighted by Crippen LogP contribution is 2.21. The van der Waals surface area contributed by atoms with Gasteiger partial charge in [0.1, 0.15) is 5.70 Å². The Hall–Kier alpha value is -0.870. The lowest BCUT2D eigenvalue weighted by atomic mass is 10.4.